The van der Waals surface area contributed by atoms with Gasteiger partial charge < -0.3 is 4.52 Å². The second-order valence-corrected chi connectivity index (χ2v) is 11.4. The van der Waals surface area contributed by atoms with Gasteiger partial charge in [0.1, 0.15) is 5.75 Å². The highest BCUT2D eigenvalue weighted by molar-refractivity contribution is 8.87. The molecular weight excluding hydrogens is 279 g/mol. The molecule has 2 rings (SSSR count). The van der Waals surface area contributed by atoms with Crippen molar-refractivity contribution in [2.75, 3.05) is 5.75 Å². The van der Waals surface area contributed by atoms with Gasteiger partial charge in [-0.05, 0) is 40.9 Å². The van der Waals surface area contributed by atoms with Crippen LogP contribution in [0.25, 0.3) is 0 Å². The first-order valence-electron chi connectivity index (χ1n) is 6.44. The maximum Gasteiger partial charge on any atom is 0.215 e. The molecule has 0 saturated carbocycles. The van der Waals surface area contributed by atoms with E-state index in [9.17, 15) is 0 Å². The first-order valence-corrected chi connectivity index (χ1v) is 10.7. The number of fused-ring (bicyclic) bond motifs is 1. The van der Waals surface area contributed by atoms with Gasteiger partial charge in [0.25, 0.3) is 0 Å². The molecule has 1 aliphatic rings. The molecule has 0 aliphatic carbocycles. The fourth-order valence-electron chi connectivity index (χ4n) is 1.64. The lowest BCUT2D eigenvalue weighted by atomic mass is 9.87. The highest BCUT2D eigenvalue weighted by Crippen LogP contribution is 2.70. The van der Waals surface area contributed by atoms with Gasteiger partial charge in [0.15, 0.2) is 0 Å². The third-order valence-corrected chi connectivity index (χ3v) is 8.83. The molecule has 0 aromatic heterocycles. The van der Waals surface area contributed by atoms with E-state index in [2.05, 4.69) is 45.9 Å². The van der Waals surface area contributed by atoms with Gasteiger partial charge >= 0.3 is 0 Å². The zero-order valence-corrected chi connectivity index (χ0v) is 14.1. The van der Waals surface area contributed by atoms with Crippen LogP contribution in [0.2, 0.25) is 0 Å². The van der Waals surface area contributed by atoms with Crippen molar-refractivity contribution in [3.8, 4) is 5.75 Å². The number of hydrogen-bond acceptors (Lipinski definition) is 3. The minimum atomic E-state index is -0.398. The average Bonchev–Trinajstić information content (AvgIpc) is 2.69. The topological polar surface area (TPSA) is 9.23 Å². The Morgan fingerprint density at radius 1 is 1.33 bits per heavy atom. The summed E-state index contributed by atoms with van der Waals surface area (Å²) in [6, 6.07) is 6.66. The Morgan fingerprint density at radius 3 is 2.78 bits per heavy atom. The molecule has 100 valence electrons. The van der Waals surface area contributed by atoms with E-state index in [0.717, 1.165) is 5.75 Å². The Kier molecular flexibility index (Phi) is 4.91. The number of unbranched alkanes of at least 4 members (excludes halogenated alkanes) is 1. The van der Waals surface area contributed by atoms with Gasteiger partial charge in [-0.1, -0.05) is 51.6 Å². The lowest BCUT2D eigenvalue weighted by Crippen LogP contribution is -2.10. The van der Waals surface area contributed by atoms with Crippen molar-refractivity contribution in [1.82, 2.24) is 0 Å². The second-order valence-electron chi connectivity index (χ2n) is 5.50. The largest absolute Gasteiger partial charge is 0.451 e. The van der Waals surface area contributed by atoms with Crippen LogP contribution in [0.4, 0.5) is 0 Å². The van der Waals surface area contributed by atoms with Gasteiger partial charge in [0.2, 0.25) is 6.55 Å². The van der Waals surface area contributed by atoms with E-state index in [1.807, 2.05) is 22.8 Å². The summed E-state index contributed by atoms with van der Waals surface area (Å²) in [5, 5.41) is 0. The SMILES string of the molecule is CCCCSP1Oc2ccc(C(C)(C)C)cc2S1. The van der Waals surface area contributed by atoms with Crippen molar-refractivity contribution < 1.29 is 4.52 Å². The van der Waals surface area contributed by atoms with Gasteiger partial charge in [-0.15, -0.1) is 0 Å². The molecule has 1 nitrogen and oxygen atoms in total. The van der Waals surface area contributed by atoms with Crippen LogP contribution in [0.3, 0.4) is 0 Å². The summed E-state index contributed by atoms with van der Waals surface area (Å²) in [5.74, 6) is 2.30. The lowest BCUT2D eigenvalue weighted by molar-refractivity contribution is 0.582. The summed E-state index contributed by atoms with van der Waals surface area (Å²) in [6.07, 6.45) is 2.55. The quantitative estimate of drug-likeness (QED) is 0.482. The van der Waals surface area contributed by atoms with E-state index in [1.165, 1.54) is 29.1 Å². The monoisotopic (exact) mass is 300 g/mol. The van der Waals surface area contributed by atoms with Gasteiger partial charge in [-0.3, -0.25) is 0 Å². The summed E-state index contributed by atoms with van der Waals surface area (Å²) >= 11 is 3.91. The second kappa shape index (κ2) is 6.07. The third-order valence-electron chi connectivity index (χ3n) is 2.85. The zero-order chi connectivity index (χ0) is 13.2. The minimum absolute atomic E-state index is 0.219. The Labute approximate surface area is 120 Å². The van der Waals surface area contributed by atoms with Crippen molar-refractivity contribution in [3.05, 3.63) is 23.8 Å². The Hall–Kier alpha value is 0.150. The van der Waals surface area contributed by atoms with E-state index < -0.39 is 6.55 Å². The van der Waals surface area contributed by atoms with E-state index in [4.69, 9.17) is 4.52 Å². The van der Waals surface area contributed by atoms with Gasteiger partial charge in [-0.2, -0.15) is 0 Å². The molecule has 1 aliphatic heterocycles. The van der Waals surface area contributed by atoms with Crippen molar-refractivity contribution >= 4 is 29.3 Å². The molecule has 0 fully saturated rings. The molecule has 1 heterocycles. The molecule has 0 N–H and O–H groups in total. The van der Waals surface area contributed by atoms with Crippen LogP contribution in [0.5, 0.6) is 5.75 Å². The van der Waals surface area contributed by atoms with Crippen molar-refractivity contribution in [2.45, 2.75) is 50.8 Å². The van der Waals surface area contributed by atoms with Crippen LogP contribution in [-0.2, 0) is 5.41 Å². The van der Waals surface area contributed by atoms with Crippen LogP contribution in [0, 0.1) is 0 Å². The van der Waals surface area contributed by atoms with E-state index in [-0.39, 0.29) is 5.41 Å². The van der Waals surface area contributed by atoms with E-state index >= 15 is 0 Å². The first-order chi connectivity index (χ1) is 8.50. The predicted molar refractivity (Wildman–Crippen MR) is 85.9 cm³/mol. The fraction of sp³-hybridized carbons (Fsp3) is 0.571. The molecule has 1 unspecified atom stereocenters. The molecule has 18 heavy (non-hydrogen) atoms. The third kappa shape index (κ3) is 3.59. The summed E-state index contributed by atoms with van der Waals surface area (Å²) in [6.45, 7) is 8.61. The number of benzene rings is 1. The molecule has 1 atom stereocenters. The molecule has 0 saturated heterocycles. The van der Waals surface area contributed by atoms with Crippen LogP contribution in [0.1, 0.15) is 46.1 Å². The highest BCUT2D eigenvalue weighted by atomic mass is 33.1. The summed E-state index contributed by atoms with van der Waals surface area (Å²) in [5.41, 5.74) is 1.61. The van der Waals surface area contributed by atoms with Crippen LogP contribution in [0.15, 0.2) is 23.1 Å². The van der Waals surface area contributed by atoms with Crippen molar-refractivity contribution in [3.63, 3.8) is 0 Å². The van der Waals surface area contributed by atoms with E-state index in [0.29, 0.717) is 0 Å². The summed E-state index contributed by atoms with van der Waals surface area (Å²) in [7, 11) is 0. The minimum Gasteiger partial charge on any atom is -0.451 e. The molecule has 0 radical (unpaired) electrons. The fourth-order valence-corrected chi connectivity index (χ4v) is 7.79. The molecule has 4 heteroatoms. The van der Waals surface area contributed by atoms with Crippen LogP contribution in [-0.4, -0.2) is 5.75 Å². The molecular formula is C14H21OPS2. The average molecular weight is 300 g/mol. The first kappa shape index (κ1) is 14.6. The highest BCUT2D eigenvalue weighted by Gasteiger charge is 2.26. The molecule has 1 aromatic carbocycles. The smallest absolute Gasteiger partial charge is 0.215 e. The van der Waals surface area contributed by atoms with Crippen molar-refractivity contribution in [2.24, 2.45) is 0 Å². The maximum atomic E-state index is 6.01. The summed E-state index contributed by atoms with van der Waals surface area (Å²) < 4.78 is 6.01. The molecule has 0 spiro atoms. The lowest BCUT2D eigenvalue weighted by Gasteiger charge is -2.19. The van der Waals surface area contributed by atoms with Crippen LogP contribution >= 0.6 is 29.3 Å². The number of rotatable bonds is 4. The van der Waals surface area contributed by atoms with Gasteiger partial charge in [-0.25, -0.2) is 0 Å². The van der Waals surface area contributed by atoms with Crippen molar-refractivity contribution in [1.29, 1.82) is 0 Å². The van der Waals surface area contributed by atoms with Gasteiger partial charge in [0.05, 0.1) is 4.90 Å². The Balaban J connectivity index is 2.02. The maximum absolute atomic E-state index is 6.01. The van der Waals surface area contributed by atoms with Gasteiger partial charge in [0, 0.05) is 5.75 Å². The van der Waals surface area contributed by atoms with Crippen LogP contribution < -0.4 is 4.52 Å². The summed E-state index contributed by atoms with van der Waals surface area (Å²) in [4.78, 5) is 1.33. The zero-order valence-electron chi connectivity index (χ0n) is 11.5. The molecule has 0 bridgehead atoms. The van der Waals surface area contributed by atoms with E-state index in [1.54, 1.807) is 0 Å². The standard InChI is InChI=1S/C14H21OPS2/c1-5-6-9-17-16-15-12-8-7-11(14(2,3)4)10-13(12)18-16/h7-8,10H,5-6,9H2,1-4H3. The molecule has 0 amide bonds. The normalized spacial score (nSPS) is 18.6. The predicted octanol–water partition coefficient (Wildman–Crippen LogP) is 6.23. The Bertz CT molecular complexity index is 415. The number of hydrogen-bond donors (Lipinski definition) is 0. The Morgan fingerprint density at radius 2 is 2.11 bits per heavy atom. The molecule has 1 aromatic rings.